The van der Waals surface area contributed by atoms with Crippen LogP contribution in [0.2, 0.25) is 0 Å². The van der Waals surface area contributed by atoms with Crippen LogP contribution >= 0.6 is 0 Å². The van der Waals surface area contributed by atoms with Crippen molar-refractivity contribution < 1.29 is 0 Å². The summed E-state index contributed by atoms with van der Waals surface area (Å²) < 4.78 is 0. The summed E-state index contributed by atoms with van der Waals surface area (Å²) in [6, 6.07) is 2.08. The molecule has 5 heteroatoms. The van der Waals surface area contributed by atoms with Gasteiger partial charge in [-0.2, -0.15) is 5.10 Å². The van der Waals surface area contributed by atoms with Gasteiger partial charge in [-0.3, -0.25) is 0 Å². The molecule has 0 saturated carbocycles. The van der Waals surface area contributed by atoms with Crippen LogP contribution in [0.5, 0.6) is 0 Å². The highest BCUT2D eigenvalue weighted by atomic mass is 15.3. The molecule has 0 spiro atoms. The van der Waals surface area contributed by atoms with Crippen molar-refractivity contribution >= 4 is 11.5 Å². The van der Waals surface area contributed by atoms with E-state index in [1.165, 1.54) is 0 Å². The number of hydrogen-bond donors (Lipinski definition) is 1. The third-order valence-corrected chi connectivity index (χ3v) is 2.57. The molecule has 1 fully saturated rings. The summed E-state index contributed by atoms with van der Waals surface area (Å²) in [5.74, 6) is 0.908. The van der Waals surface area contributed by atoms with Gasteiger partial charge in [0.25, 0.3) is 0 Å². The standard InChI is InChI=1S/C10H17N5/c1-14(2)10-7-9(8-12-13-10)15-5-3-11-4-6-15/h7-8,11H,3-6H2,1-2H3. The molecule has 1 saturated heterocycles. The summed E-state index contributed by atoms with van der Waals surface area (Å²) in [5.41, 5.74) is 1.16. The highest BCUT2D eigenvalue weighted by Gasteiger charge is 2.11. The first kappa shape index (κ1) is 10.2. The molecule has 2 heterocycles. The van der Waals surface area contributed by atoms with Crippen LogP contribution in [0.1, 0.15) is 0 Å². The first-order chi connectivity index (χ1) is 7.27. The molecule has 1 N–H and O–H groups in total. The molecule has 1 aromatic heterocycles. The fraction of sp³-hybridized carbons (Fsp3) is 0.600. The number of aromatic nitrogens is 2. The van der Waals surface area contributed by atoms with Gasteiger partial charge in [0.2, 0.25) is 0 Å². The van der Waals surface area contributed by atoms with Crippen LogP contribution in [0.15, 0.2) is 12.3 Å². The highest BCUT2D eigenvalue weighted by molar-refractivity contribution is 5.52. The second kappa shape index (κ2) is 4.44. The Morgan fingerprint density at radius 2 is 2.07 bits per heavy atom. The van der Waals surface area contributed by atoms with E-state index in [2.05, 4.69) is 26.5 Å². The SMILES string of the molecule is CN(C)c1cc(N2CCNCC2)cnn1. The predicted molar refractivity (Wildman–Crippen MR) is 61.4 cm³/mol. The van der Waals surface area contributed by atoms with Crippen molar-refractivity contribution in [2.75, 3.05) is 50.1 Å². The van der Waals surface area contributed by atoms with Crippen LogP contribution < -0.4 is 15.1 Å². The van der Waals surface area contributed by atoms with E-state index in [-0.39, 0.29) is 0 Å². The van der Waals surface area contributed by atoms with Crippen molar-refractivity contribution in [3.63, 3.8) is 0 Å². The lowest BCUT2D eigenvalue weighted by atomic mass is 10.3. The molecular formula is C10H17N5. The molecular weight excluding hydrogens is 190 g/mol. The molecule has 0 atom stereocenters. The first-order valence-electron chi connectivity index (χ1n) is 5.23. The van der Waals surface area contributed by atoms with Crippen molar-refractivity contribution in [1.29, 1.82) is 0 Å². The van der Waals surface area contributed by atoms with E-state index in [0.29, 0.717) is 0 Å². The zero-order valence-corrected chi connectivity index (χ0v) is 9.27. The van der Waals surface area contributed by atoms with Crippen molar-refractivity contribution in [1.82, 2.24) is 15.5 Å². The monoisotopic (exact) mass is 207 g/mol. The Bertz CT molecular complexity index is 319. The molecule has 15 heavy (non-hydrogen) atoms. The first-order valence-corrected chi connectivity index (χ1v) is 5.23. The Balaban J connectivity index is 2.16. The number of anilines is 2. The molecule has 2 rings (SSSR count). The largest absolute Gasteiger partial charge is 0.368 e. The maximum atomic E-state index is 4.07. The van der Waals surface area contributed by atoms with Gasteiger partial charge < -0.3 is 15.1 Å². The van der Waals surface area contributed by atoms with E-state index in [1.807, 2.05) is 25.2 Å². The summed E-state index contributed by atoms with van der Waals surface area (Å²) in [6.07, 6.45) is 1.83. The van der Waals surface area contributed by atoms with Crippen LogP contribution in [0.4, 0.5) is 11.5 Å². The minimum atomic E-state index is 0.908. The molecule has 0 radical (unpaired) electrons. The van der Waals surface area contributed by atoms with Gasteiger partial charge in [0.05, 0.1) is 11.9 Å². The molecule has 0 amide bonds. The fourth-order valence-electron chi connectivity index (χ4n) is 1.66. The van der Waals surface area contributed by atoms with Gasteiger partial charge in [-0.1, -0.05) is 0 Å². The minimum Gasteiger partial charge on any atom is -0.368 e. The van der Waals surface area contributed by atoms with Crippen LogP contribution in [0, 0.1) is 0 Å². The Morgan fingerprint density at radius 1 is 1.33 bits per heavy atom. The van der Waals surface area contributed by atoms with Gasteiger partial charge in [0.15, 0.2) is 5.82 Å². The zero-order valence-electron chi connectivity index (χ0n) is 9.27. The van der Waals surface area contributed by atoms with Crippen LogP contribution in [0.3, 0.4) is 0 Å². The molecule has 0 bridgehead atoms. The van der Waals surface area contributed by atoms with E-state index in [9.17, 15) is 0 Å². The van der Waals surface area contributed by atoms with E-state index in [0.717, 1.165) is 37.7 Å². The normalized spacial score (nSPS) is 16.5. The van der Waals surface area contributed by atoms with Crippen molar-refractivity contribution in [3.05, 3.63) is 12.3 Å². The van der Waals surface area contributed by atoms with E-state index in [4.69, 9.17) is 0 Å². The summed E-state index contributed by atoms with van der Waals surface area (Å²) in [5, 5.41) is 11.4. The summed E-state index contributed by atoms with van der Waals surface area (Å²) in [6.45, 7) is 4.16. The summed E-state index contributed by atoms with van der Waals surface area (Å²) in [4.78, 5) is 4.30. The summed E-state index contributed by atoms with van der Waals surface area (Å²) in [7, 11) is 3.96. The Labute approximate surface area is 90.1 Å². The van der Waals surface area contributed by atoms with E-state index < -0.39 is 0 Å². The maximum absolute atomic E-state index is 4.07. The third kappa shape index (κ3) is 2.36. The van der Waals surface area contributed by atoms with Gasteiger partial charge in [0.1, 0.15) is 0 Å². The molecule has 1 aliphatic heterocycles. The Morgan fingerprint density at radius 3 is 2.73 bits per heavy atom. The highest BCUT2D eigenvalue weighted by Crippen LogP contribution is 2.17. The van der Waals surface area contributed by atoms with Crippen LogP contribution in [-0.4, -0.2) is 50.5 Å². The Kier molecular flexibility index (Phi) is 3.01. The van der Waals surface area contributed by atoms with E-state index in [1.54, 1.807) is 0 Å². The number of piperazine rings is 1. The molecule has 0 unspecified atom stereocenters. The molecule has 0 aliphatic carbocycles. The zero-order chi connectivity index (χ0) is 10.7. The van der Waals surface area contributed by atoms with Gasteiger partial charge in [-0.05, 0) is 0 Å². The molecule has 1 aromatic rings. The minimum absolute atomic E-state index is 0.908. The average Bonchev–Trinajstić information content (AvgIpc) is 2.30. The van der Waals surface area contributed by atoms with Crippen molar-refractivity contribution in [3.8, 4) is 0 Å². The lowest BCUT2D eigenvalue weighted by Gasteiger charge is -2.29. The van der Waals surface area contributed by atoms with Crippen molar-refractivity contribution in [2.45, 2.75) is 0 Å². The molecule has 0 aromatic carbocycles. The van der Waals surface area contributed by atoms with Gasteiger partial charge in [0, 0.05) is 46.3 Å². The number of hydrogen-bond acceptors (Lipinski definition) is 5. The van der Waals surface area contributed by atoms with Gasteiger partial charge >= 0.3 is 0 Å². The second-order valence-electron chi connectivity index (χ2n) is 3.90. The number of nitrogens with zero attached hydrogens (tertiary/aromatic N) is 4. The number of nitrogens with one attached hydrogen (secondary N) is 1. The lowest BCUT2D eigenvalue weighted by Crippen LogP contribution is -2.43. The average molecular weight is 207 g/mol. The molecule has 82 valence electrons. The second-order valence-corrected chi connectivity index (χ2v) is 3.90. The topological polar surface area (TPSA) is 44.3 Å². The van der Waals surface area contributed by atoms with Crippen LogP contribution in [-0.2, 0) is 0 Å². The quantitative estimate of drug-likeness (QED) is 0.737. The summed E-state index contributed by atoms with van der Waals surface area (Å²) >= 11 is 0. The van der Waals surface area contributed by atoms with E-state index >= 15 is 0 Å². The number of rotatable bonds is 2. The van der Waals surface area contributed by atoms with Gasteiger partial charge in [-0.25, -0.2) is 0 Å². The predicted octanol–water partition coefficient (Wildman–Crippen LogP) is -0.0478. The maximum Gasteiger partial charge on any atom is 0.152 e. The van der Waals surface area contributed by atoms with Gasteiger partial charge in [-0.15, -0.1) is 5.10 Å². The molecule has 1 aliphatic rings. The Hall–Kier alpha value is -1.36. The van der Waals surface area contributed by atoms with Crippen molar-refractivity contribution in [2.24, 2.45) is 0 Å². The van der Waals surface area contributed by atoms with Crippen LogP contribution in [0.25, 0.3) is 0 Å². The third-order valence-electron chi connectivity index (χ3n) is 2.57. The molecule has 5 nitrogen and oxygen atoms in total. The lowest BCUT2D eigenvalue weighted by molar-refractivity contribution is 0.588. The smallest absolute Gasteiger partial charge is 0.152 e. The fourth-order valence-corrected chi connectivity index (χ4v) is 1.66.